The van der Waals surface area contributed by atoms with Crippen molar-refractivity contribution in [3.8, 4) is 11.4 Å². The fourth-order valence-electron chi connectivity index (χ4n) is 1.90. The monoisotopic (exact) mass is 307 g/mol. The number of pyridine rings is 1. The topological polar surface area (TPSA) is 78.9 Å². The maximum atomic E-state index is 10.9. The van der Waals surface area contributed by atoms with E-state index in [-0.39, 0.29) is 5.56 Å². The van der Waals surface area contributed by atoms with Gasteiger partial charge in [-0.25, -0.2) is 9.78 Å². The van der Waals surface area contributed by atoms with Crippen LogP contribution in [0.5, 0.6) is 0 Å². The number of benzene rings is 1. The molecule has 100 valence electrons. The molecule has 2 N–H and O–H groups in total. The Morgan fingerprint density at radius 1 is 1.20 bits per heavy atom. The maximum absolute atomic E-state index is 10.9. The van der Waals surface area contributed by atoms with Gasteiger partial charge in [0.1, 0.15) is 5.82 Å². The van der Waals surface area contributed by atoms with E-state index in [1.54, 1.807) is 6.07 Å². The second-order valence-corrected chi connectivity index (χ2v) is 4.92. The number of aromatic carboxylic acids is 1. The first kappa shape index (κ1) is 12.9. The van der Waals surface area contributed by atoms with Crippen molar-refractivity contribution in [1.82, 2.24) is 15.0 Å². The van der Waals surface area contributed by atoms with Gasteiger partial charge in [0, 0.05) is 12.4 Å². The molecule has 0 aliphatic heterocycles. The van der Waals surface area contributed by atoms with E-state index in [0.29, 0.717) is 32.5 Å². The fraction of sp³-hybridized carbons (Fsp3) is 0. The van der Waals surface area contributed by atoms with E-state index in [2.05, 4.69) is 15.0 Å². The zero-order chi connectivity index (χ0) is 14.3. The van der Waals surface area contributed by atoms with E-state index in [1.807, 2.05) is 0 Å². The molecule has 0 radical (unpaired) electrons. The van der Waals surface area contributed by atoms with Crippen LogP contribution in [0.15, 0.2) is 30.6 Å². The summed E-state index contributed by atoms with van der Waals surface area (Å²) in [5.74, 6) is -0.525. The minimum Gasteiger partial charge on any atom is -0.478 e. The highest BCUT2D eigenvalue weighted by Crippen LogP contribution is 2.33. The fourth-order valence-corrected chi connectivity index (χ4v) is 2.44. The van der Waals surface area contributed by atoms with Gasteiger partial charge in [-0.05, 0) is 18.2 Å². The molecular formula is C13H7Cl2N3O2. The summed E-state index contributed by atoms with van der Waals surface area (Å²) in [5, 5.41) is 9.71. The molecule has 0 saturated heterocycles. The number of hydrogen-bond donors (Lipinski definition) is 2. The zero-order valence-electron chi connectivity index (χ0n) is 9.89. The number of carbonyl (C=O) groups is 1. The average molecular weight is 308 g/mol. The van der Waals surface area contributed by atoms with Crippen LogP contribution < -0.4 is 0 Å². The Kier molecular flexibility index (Phi) is 3.08. The van der Waals surface area contributed by atoms with Gasteiger partial charge in [-0.3, -0.25) is 4.98 Å². The van der Waals surface area contributed by atoms with Crippen molar-refractivity contribution in [2.75, 3.05) is 0 Å². The summed E-state index contributed by atoms with van der Waals surface area (Å²) in [6.45, 7) is 0. The van der Waals surface area contributed by atoms with E-state index < -0.39 is 5.97 Å². The van der Waals surface area contributed by atoms with Crippen molar-refractivity contribution >= 4 is 40.2 Å². The van der Waals surface area contributed by atoms with Crippen LogP contribution >= 0.6 is 23.2 Å². The number of rotatable bonds is 2. The minimum atomic E-state index is -0.997. The van der Waals surface area contributed by atoms with Crippen LogP contribution in [0.1, 0.15) is 10.4 Å². The number of carboxylic acids is 1. The lowest BCUT2D eigenvalue weighted by molar-refractivity contribution is 0.0697. The summed E-state index contributed by atoms with van der Waals surface area (Å²) in [4.78, 5) is 22.2. The van der Waals surface area contributed by atoms with Crippen molar-refractivity contribution in [2.24, 2.45) is 0 Å². The van der Waals surface area contributed by atoms with Crippen LogP contribution in [0.25, 0.3) is 22.4 Å². The van der Waals surface area contributed by atoms with E-state index >= 15 is 0 Å². The second-order valence-electron chi connectivity index (χ2n) is 4.10. The summed E-state index contributed by atoms with van der Waals surface area (Å²) >= 11 is 12.1. The number of carboxylic acid groups (broad SMARTS) is 1. The minimum absolute atomic E-state index is 0.180. The predicted octanol–water partition coefficient (Wildman–Crippen LogP) is 3.63. The van der Waals surface area contributed by atoms with Gasteiger partial charge in [0.2, 0.25) is 0 Å². The molecule has 0 atom stereocenters. The van der Waals surface area contributed by atoms with Gasteiger partial charge in [-0.2, -0.15) is 0 Å². The van der Waals surface area contributed by atoms with E-state index in [1.165, 1.54) is 24.5 Å². The van der Waals surface area contributed by atoms with Gasteiger partial charge < -0.3 is 10.1 Å². The largest absolute Gasteiger partial charge is 0.478 e. The van der Waals surface area contributed by atoms with E-state index in [9.17, 15) is 4.79 Å². The van der Waals surface area contributed by atoms with Crippen LogP contribution in [0.4, 0.5) is 0 Å². The third kappa shape index (κ3) is 2.11. The normalized spacial score (nSPS) is 10.9. The highest BCUT2D eigenvalue weighted by Gasteiger charge is 2.14. The molecule has 0 spiro atoms. The standard InChI is InChI=1S/C13H7Cl2N3O2/c14-7-4-16-5-8(15)11(7)12-17-9-2-1-6(13(19)20)3-10(9)18-12/h1-5H,(H,17,18)(H,19,20). The lowest BCUT2D eigenvalue weighted by Gasteiger charge is -2.01. The lowest BCUT2D eigenvalue weighted by atomic mass is 10.2. The first-order valence-electron chi connectivity index (χ1n) is 5.58. The zero-order valence-corrected chi connectivity index (χ0v) is 11.4. The SMILES string of the molecule is O=C(O)c1ccc2nc(-c3c(Cl)cncc3Cl)[nH]c2c1. The Balaban J connectivity index is 2.21. The van der Waals surface area contributed by atoms with Crippen molar-refractivity contribution in [3.63, 3.8) is 0 Å². The average Bonchev–Trinajstić information content (AvgIpc) is 2.80. The molecule has 0 bridgehead atoms. The van der Waals surface area contributed by atoms with Gasteiger partial charge in [-0.1, -0.05) is 23.2 Å². The van der Waals surface area contributed by atoms with E-state index in [0.717, 1.165) is 0 Å². The molecule has 3 aromatic rings. The number of hydrogen-bond acceptors (Lipinski definition) is 3. The molecule has 2 heterocycles. The first-order chi connectivity index (χ1) is 9.56. The molecule has 0 aliphatic rings. The van der Waals surface area contributed by atoms with Crippen molar-refractivity contribution in [2.45, 2.75) is 0 Å². The summed E-state index contributed by atoms with van der Waals surface area (Å²) in [6.07, 6.45) is 2.94. The molecule has 2 aromatic heterocycles. The Hall–Kier alpha value is -2.11. The van der Waals surface area contributed by atoms with Gasteiger partial charge in [0.25, 0.3) is 0 Å². The summed E-state index contributed by atoms with van der Waals surface area (Å²) in [6, 6.07) is 4.63. The van der Waals surface area contributed by atoms with Gasteiger partial charge in [0.05, 0.1) is 32.2 Å². The van der Waals surface area contributed by atoms with Gasteiger partial charge >= 0.3 is 5.97 Å². The van der Waals surface area contributed by atoms with Crippen molar-refractivity contribution in [1.29, 1.82) is 0 Å². The van der Waals surface area contributed by atoms with Crippen LogP contribution in [0, 0.1) is 0 Å². The van der Waals surface area contributed by atoms with E-state index in [4.69, 9.17) is 28.3 Å². The second kappa shape index (κ2) is 4.77. The molecule has 1 aromatic carbocycles. The van der Waals surface area contributed by atoms with Crippen LogP contribution in [-0.2, 0) is 0 Å². The Labute approximate surface area is 123 Å². The quantitative estimate of drug-likeness (QED) is 0.757. The van der Waals surface area contributed by atoms with Gasteiger partial charge in [0.15, 0.2) is 0 Å². The van der Waals surface area contributed by atoms with Crippen LogP contribution in [0.2, 0.25) is 10.0 Å². The third-order valence-electron chi connectivity index (χ3n) is 2.82. The number of fused-ring (bicyclic) bond motifs is 1. The number of nitrogens with zero attached hydrogens (tertiary/aromatic N) is 2. The van der Waals surface area contributed by atoms with Crippen molar-refractivity contribution < 1.29 is 9.90 Å². The highest BCUT2D eigenvalue weighted by atomic mass is 35.5. The number of nitrogens with one attached hydrogen (secondary N) is 1. The molecule has 0 aliphatic carbocycles. The lowest BCUT2D eigenvalue weighted by Crippen LogP contribution is -1.94. The Bertz CT molecular complexity index is 809. The summed E-state index contributed by atoms with van der Waals surface area (Å²) in [7, 11) is 0. The first-order valence-corrected chi connectivity index (χ1v) is 6.34. The number of halogens is 2. The third-order valence-corrected chi connectivity index (χ3v) is 3.39. The molecular weight excluding hydrogens is 301 g/mol. The molecule has 5 nitrogen and oxygen atoms in total. The van der Waals surface area contributed by atoms with Crippen LogP contribution in [0.3, 0.4) is 0 Å². The predicted molar refractivity (Wildman–Crippen MR) is 76.3 cm³/mol. The molecule has 20 heavy (non-hydrogen) atoms. The number of imidazole rings is 1. The number of aromatic nitrogens is 3. The Morgan fingerprint density at radius 2 is 1.90 bits per heavy atom. The maximum Gasteiger partial charge on any atom is 0.335 e. The van der Waals surface area contributed by atoms with Crippen LogP contribution in [-0.4, -0.2) is 26.0 Å². The summed E-state index contributed by atoms with van der Waals surface area (Å²) < 4.78 is 0. The molecule has 0 saturated carbocycles. The van der Waals surface area contributed by atoms with Gasteiger partial charge in [-0.15, -0.1) is 0 Å². The Morgan fingerprint density at radius 3 is 2.55 bits per heavy atom. The highest BCUT2D eigenvalue weighted by molar-refractivity contribution is 6.38. The molecule has 0 fully saturated rings. The molecule has 3 rings (SSSR count). The smallest absolute Gasteiger partial charge is 0.335 e. The molecule has 0 unspecified atom stereocenters. The molecule has 7 heteroatoms. The summed E-state index contributed by atoms with van der Waals surface area (Å²) in [5.41, 5.74) is 1.95. The number of aromatic amines is 1. The number of H-pyrrole nitrogens is 1. The van der Waals surface area contributed by atoms with Crippen molar-refractivity contribution in [3.05, 3.63) is 46.2 Å². The molecule has 0 amide bonds.